The Balaban J connectivity index is 2.15. The summed E-state index contributed by atoms with van der Waals surface area (Å²) in [6, 6.07) is 18.3. The fourth-order valence-electron chi connectivity index (χ4n) is 1.32. The Kier molecular flexibility index (Phi) is 2.93. The van der Waals surface area contributed by atoms with Gasteiger partial charge < -0.3 is 0 Å². The van der Waals surface area contributed by atoms with Crippen molar-refractivity contribution < 1.29 is 0 Å². The minimum absolute atomic E-state index is 0.990. The van der Waals surface area contributed by atoms with Gasteiger partial charge in [0.15, 0.2) is 0 Å². The zero-order valence-electron chi connectivity index (χ0n) is 8.72. The molecule has 0 aliphatic heterocycles. The van der Waals surface area contributed by atoms with Crippen LogP contribution in [0.3, 0.4) is 0 Å². The van der Waals surface area contributed by atoms with E-state index in [9.17, 15) is 0 Å². The van der Waals surface area contributed by atoms with Gasteiger partial charge in [0.1, 0.15) is 0 Å². The van der Waals surface area contributed by atoms with Gasteiger partial charge >= 0.3 is 0 Å². The number of benzene rings is 2. The number of aliphatic imine (C=N–C) groups is 1. The van der Waals surface area contributed by atoms with Crippen LogP contribution in [0.2, 0.25) is 0 Å². The Morgan fingerprint density at radius 2 is 1.53 bits per heavy atom. The number of rotatable bonds is 2. The Morgan fingerprint density at radius 3 is 2.20 bits per heavy atom. The van der Waals surface area contributed by atoms with Gasteiger partial charge in [-0.2, -0.15) is 0 Å². The topological polar surface area (TPSA) is 12.4 Å². The van der Waals surface area contributed by atoms with Crippen LogP contribution >= 0.6 is 0 Å². The van der Waals surface area contributed by atoms with E-state index < -0.39 is 0 Å². The summed E-state index contributed by atoms with van der Waals surface area (Å²) in [6.07, 6.45) is 1.88. The standard InChI is InChI=1S/C14H13N/c1-12-7-9-14(10-8-12)15-11-13-5-3-2-4-6-13/h2-11H,1H3/b15-11+. The normalized spacial score (nSPS) is 10.7. The van der Waals surface area contributed by atoms with Crippen molar-refractivity contribution in [3.63, 3.8) is 0 Å². The van der Waals surface area contributed by atoms with E-state index in [4.69, 9.17) is 0 Å². The fourth-order valence-corrected chi connectivity index (χ4v) is 1.32. The number of nitrogens with zero attached hydrogens (tertiary/aromatic N) is 1. The number of aryl methyl sites for hydroxylation is 1. The van der Waals surface area contributed by atoms with E-state index in [1.807, 2.05) is 48.7 Å². The van der Waals surface area contributed by atoms with Crippen molar-refractivity contribution in [1.29, 1.82) is 0 Å². The molecule has 0 heterocycles. The van der Waals surface area contributed by atoms with Gasteiger partial charge in [0, 0.05) is 6.21 Å². The van der Waals surface area contributed by atoms with Gasteiger partial charge in [0.25, 0.3) is 0 Å². The Bertz CT molecular complexity index is 441. The van der Waals surface area contributed by atoms with E-state index in [1.54, 1.807) is 0 Å². The van der Waals surface area contributed by atoms with E-state index in [-0.39, 0.29) is 0 Å². The fraction of sp³-hybridized carbons (Fsp3) is 0.0714. The highest BCUT2D eigenvalue weighted by Crippen LogP contribution is 2.12. The predicted octanol–water partition coefficient (Wildman–Crippen LogP) is 3.75. The first-order valence-corrected chi connectivity index (χ1v) is 5.00. The van der Waals surface area contributed by atoms with Crippen LogP contribution in [0, 0.1) is 6.92 Å². The molecule has 2 rings (SSSR count). The minimum atomic E-state index is 0.990. The minimum Gasteiger partial charge on any atom is -0.256 e. The van der Waals surface area contributed by atoms with Gasteiger partial charge in [0.2, 0.25) is 0 Å². The third-order valence-corrected chi connectivity index (χ3v) is 2.20. The molecule has 0 fully saturated rings. The summed E-state index contributed by atoms with van der Waals surface area (Å²) in [6.45, 7) is 2.07. The van der Waals surface area contributed by atoms with E-state index >= 15 is 0 Å². The summed E-state index contributed by atoms with van der Waals surface area (Å²) in [5.74, 6) is 0. The predicted molar refractivity (Wildman–Crippen MR) is 64.9 cm³/mol. The molecule has 0 spiro atoms. The molecular formula is C14H13N. The molecule has 1 nitrogen and oxygen atoms in total. The second-order valence-corrected chi connectivity index (χ2v) is 3.50. The lowest BCUT2D eigenvalue weighted by Gasteiger charge is -1.94. The van der Waals surface area contributed by atoms with Gasteiger partial charge in [-0.15, -0.1) is 0 Å². The van der Waals surface area contributed by atoms with Crippen LogP contribution in [0.15, 0.2) is 59.6 Å². The van der Waals surface area contributed by atoms with E-state index in [2.05, 4.69) is 24.0 Å². The molecule has 0 amide bonds. The van der Waals surface area contributed by atoms with Crippen LogP contribution in [0.25, 0.3) is 0 Å². The molecule has 0 aliphatic rings. The molecule has 0 saturated heterocycles. The zero-order valence-corrected chi connectivity index (χ0v) is 8.72. The van der Waals surface area contributed by atoms with Crippen molar-refractivity contribution >= 4 is 11.9 Å². The van der Waals surface area contributed by atoms with Crippen LogP contribution in [-0.2, 0) is 0 Å². The molecular weight excluding hydrogens is 182 g/mol. The molecule has 2 aromatic carbocycles. The van der Waals surface area contributed by atoms with Gasteiger partial charge in [-0.3, -0.25) is 4.99 Å². The molecule has 1 heteroatoms. The van der Waals surface area contributed by atoms with Crippen LogP contribution in [0.4, 0.5) is 5.69 Å². The summed E-state index contributed by atoms with van der Waals surface area (Å²) in [4.78, 5) is 4.39. The van der Waals surface area contributed by atoms with Crippen molar-refractivity contribution in [1.82, 2.24) is 0 Å². The summed E-state index contributed by atoms with van der Waals surface area (Å²) >= 11 is 0. The molecule has 0 aliphatic carbocycles. The largest absolute Gasteiger partial charge is 0.256 e. The van der Waals surface area contributed by atoms with Crippen LogP contribution < -0.4 is 0 Å². The second-order valence-electron chi connectivity index (χ2n) is 3.50. The van der Waals surface area contributed by atoms with Crippen LogP contribution in [0.1, 0.15) is 11.1 Å². The smallest absolute Gasteiger partial charge is 0.0630 e. The molecule has 15 heavy (non-hydrogen) atoms. The monoisotopic (exact) mass is 195 g/mol. The lowest BCUT2D eigenvalue weighted by molar-refractivity contribution is 1.44. The van der Waals surface area contributed by atoms with E-state index in [0.717, 1.165) is 11.3 Å². The maximum Gasteiger partial charge on any atom is 0.0630 e. The molecule has 0 aromatic heterocycles. The van der Waals surface area contributed by atoms with Gasteiger partial charge in [0.05, 0.1) is 5.69 Å². The Hall–Kier alpha value is -1.89. The molecule has 0 atom stereocenters. The SMILES string of the molecule is Cc1ccc(/N=C/c2ccccc2)cc1. The van der Waals surface area contributed by atoms with Crippen molar-refractivity contribution in [2.24, 2.45) is 4.99 Å². The maximum absolute atomic E-state index is 4.39. The van der Waals surface area contributed by atoms with Gasteiger partial charge in [-0.25, -0.2) is 0 Å². The average Bonchev–Trinajstić information content (AvgIpc) is 2.30. The highest BCUT2D eigenvalue weighted by Gasteiger charge is 1.87. The van der Waals surface area contributed by atoms with Crippen molar-refractivity contribution in [3.8, 4) is 0 Å². The average molecular weight is 195 g/mol. The Labute approximate surface area is 90.1 Å². The molecule has 0 unspecified atom stereocenters. The lowest BCUT2D eigenvalue weighted by Crippen LogP contribution is -1.77. The summed E-state index contributed by atoms with van der Waals surface area (Å²) in [5, 5.41) is 0. The first-order chi connectivity index (χ1) is 7.34. The van der Waals surface area contributed by atoms with Crippen molar-refractivity contribution in [2.45, 2.75) is 6.92 Å². The summed E-state index contributed by atoms with van der Waals surface area (Å²) < 4.78 is 0. The first-order valence-electron chi connectivity index (χ1n) is 5.00. The van der Waals surface area contributed by atoms with E-state index in [0.29, 0.717) is 0 Å². The Morgan fingerprint density at radius 1 is 0.867 bits per heavy atom. The quantitative estimate of drug-likeness (QED) is 0.647. The molecule has 0 bridgehead atoms. The first kappa shape index (κ1) is 9.66. The third kappa shape index (κ3) is 2.78. The van der Waals surface area contributed by atoms with Crippen molar-refractivity contribution in [3.05, 3.63) is 65.7 Å². The molecule has 0 saturated carbocycles. The molecule has 74 valence electrons. The van der Waals surface area contributed by atoms with Crippen LogP contribution in [-0.4, -0.2) is 6.21 Å². The van der Waals surface area contributed by atoms with E-state index in [1.165, 1.54) is 5.56 Å². The highest BCUT2D eigenvalue weighted by molar-refractivity contribution is 5.81. The maximum atomic E-state index is 4.39. The molecule has 0 N–H and O–H groups in total. The lowest BCUT2D eigenvalue weighted by atomic mass is 10.2. The van der Waals surface area contributed by atoms with Gasteiger partial charge in [-0.05, 0) is 24.6 Å². The summed E-state index contributed by atoms with van der Waals surface area (Å²) in [7, 11) is 0. The van der Waals surface area contributed by atoms with Crippen molar-refractivity contribution in [2.75, 3.05) is 0 Å². The zero-order chi connectivity index (χ0) is 10.5. The third-order valence-electron chi connectivity index (χ3n) is 2.20. The molecule has 0 radical (unpaired) electrons. The highest BCUT2D eigenvalue weighted by atomic mass is 14.7. The van der Waals surface area contributed by atoms with Crippen LogP contribution in [0.5, 0.6) is 0 Å². The number of hydrogen-bond donors (Lipinski definition) is 0. The summed E-state index contributed by atoms with van der Waals surface area (Å²) in [5.41, 5.74) is 3.37. The second kappa shape index (κ2) is 4.56. The molecule has 2 aromatic rings. The number of hydrogen-bond acceptors (Lipinski definition) is 1. The van der Waals surface area contributed by atoms with Gasteiger partial charge in [-0.1, -0.05) is 48.0 Å².